The van der Waals surface area contributed by atoms with Crippen molar-refractivity contribution in [3.8, 4) is 0 Å². The molecule has 5 heteroatoms. The predicted octanol–water partition coefficient (Wildman–Crippen LogP) is 3.11. The highest BCUT2D eigenvalue weighted by molar-refractivity contribution is 4.72. The minimum atomic E-state index is 0.596. The van der Waals surface area contributed by atoms with Crippen molar-refractivity contribution in [1.29, 1.82) is 0 Å². The van der Waals surface area contributed by atoms with Gasteiger partial charge in [-0.25, -0.2) is 0 Å². The molecule has 0 aliphatic heterocycles. The van der Waals surface area contributed by atoms with Gasteiger partial charge in [0, 0.05) is 82.6 Å². The van der Waals surface area contributed by atoms with E-state index >= 15 is 0 Å². The molecule has 0 rings (SSSR count). The van der Waals surface area contributed by atoms with E-state index < -0.39 is 0 Å². The molecule has 2 N–H and O–H groups in total. The Labute approximate surface area is 177 Å². The summed E-state index contributed by atoms with van der Waals surface area (Å²) in [6.07, 6.45) is 0. The van der Waals surface area contributed by atoms with Crippen LogP contribution in [0.3, 0.4) is 0 Å². The second-order valence-corrected chi connectivity index (χ2v) is 9.48. The van der Waals surface area contributed by atoms with E-state index in [1.807, 2.05) is 0 Å². The maximum atomic E-state index is 3.61. The Balaban J connectivity index is 3.96. The Morgan fingerprint density at radius 3 is 1.21 bits per heavy atom. The van der Waals surface area contributed by atoms with Crippen molar-refractivity contribution in [1.82, 2.24) is 25.3 Å². The average molecular weight is 400 g/mol. The molecule has 0 aromatic carbocycles. The summed E-state index contributed by atoms with van der Waals surface area (Å²) in [5.74, 6) is 0. The van der Waals surface area contributed by atoms with Crippen LogP contribution in [0.25, 0.3) is 0 Å². The van der Waals surface area contributed by atoms with Gasteiger partial charge in [-0.3, -0.25) is 14.7 Å². The van der Waals surface area contributed by atoms with Crippen molar-refractivity contribution >= 4 is 0 Å². The minimum Gasteiger partial charge on any atom is -0.314 e. The van der Waals surface area contributed by atoms with Crippen LogP contribution < -0.4 is 10.6 Å². The third kappa shape index (κ3) is 12.4. The molecule has 0 spiro atoms. The molecule has 5 nitrogen and oxygen atoms in total. The molecule has 0 aromatic rings. The van der Waals surface area contributed by atoms with Crippen LogP contribution >= 0.6 is 0 Å². The molecular formula is C23H53N5. The van der Waals surface area contributed by atoms with Gasteiger partial charge in [-0.1, -0.05) is 0 Å². The highest BCUT2D eigenvalue weighted by atomic mass is 15.2. The average Bonchev–Trinajstić information content (AvgIpc) is 2.56. The van der Waals surface area contributed by atoms with Crippen LogP contribution in [0.4, 0.5) is 0 Å². The number of hydrogen-bond acceptors (Lipinski definition) is 5. The van der Waals surface area contributed by atoms with Gasteiger partial charge < -0.3 is 10.6 Å². The van der Waals surface area contributed by atoms with Crippen molar-refractivity contribution in [2.75, 3.05) is 52.4 Å². The summed E-state index contributed by atoms with van der Waals surface area (Å²) < 4.78 is 0. The second-order valence-electron chi connectivity index (χ2n) is 9.48. The molecule has 0 atom stereocenters. The van der Waals surface area contributed by atoms with Gasteiger partial charge in [-0.05, 0) is 69.2 Å². The second kappa shape index (κ2) is 15.6. The monoisotopic (exact) mass is 399 g/mol. The Kier molecular flexibility index (Phi) is 15.5. The topological polar surface area (TPSA) is 33.8 Å². The van der Waals surface area contributed by atoms with Crippen molar-refractivity contribution < 1.29 is 0 Å². The van der Waals surface area contributed by atoms with E-state index in [9.17, 15) is 0 Å². The predicted molar refractivity (Wildman–Crippen MR) is 126 cm³/mol. The third-order valence-corrected chi connectivity index (χ3v) is 5.63. The van der Waals surface area contributed by atoms with Crippen LogP contribution in [-0.2, 0) is 0 Å². The van der Waals surface area contributed by atoms with Gasteiger partial charge in [0.25, 0.3) is 0 Å². The summed E-state index contributed by atoms with van der Waals surface area (Å²) in [4.78, 5) is 7.73. The Hall–Kier alpha value is -0.200. The number of nitrogens with zero attached hydrogens (tertiary/aromatic N) is 3. The first kappa shape index (κ1) is 27.8. The van der Waals surface area contributed by atoms with Crippen LogP contribution in [0.5, 0.6) is 0 Å². The van der Waals surface area contributed by atoms with Crippen LogP contribution in [-0.4, -0.2) is 97.3 Å². The van der Waals surface area contributed by atoms with E-state index in [1.165, 1.54) is 0 Å². The van der Waals surface area contributed by atoms with Gasteiger partial charge in [0.2, 0.25) is 0 Å². The van der Waals surface area contributed by atoms with Gasteiger partial charge >= 0.3 is 0 Å². The zero-order valence-electron chi connectivity index (χ0n) is 20.9. The van der Waals surface area contributed by atoms with E-state index in [0.717, 1.165) is 52.4 Å². The lowest BCUT2D eigenvalue weighted by atomic mass is 10.2. The van der Waals surface area contributed by atoms with Crippen molar-refractivity contribution in [3.05, 3.63) is 0 Å². The highest BCUT2D eigenvalue weighted by Crippen LogP contribution is 2.06. The summed E-state index contributed by atoms with van der Waals surface area (Å²) in [6.45, 7) is 31.7. The number of hydrogen-bond donors (Lipinski definition) is 2. The van der Waals surface area contributed by atoms with Crippen LogP contribution in [0.15, 0.2) is 0 Å². The number of nitrogens with one attached hydrogen (secondary N) is 2. The summed E-state index contributed by atoms with van der Waals surface area (Å²) in [7, 11) is 0. The molecule has 0 bridgehead atoms. The van der Waals surface area contributed by atoms with Crippen molar-refractivity contribution in [3.63, 3.8) is 0 Å². The summed E-state index contributed by atoms with van der Waals surface area (Å²) >= 11 is 0. The quantitative estimate of drug-likeness (QED) is 0.367. The summed E-state index contributed by atoms with van der Waals surface area (Å²) in [6, 6.07) is 3.05. The highest BCUT2D eigenvalue weighted by Gasteiger charge is 2.16. The zero-order chi connectivity index (χ0) is 21.7. The first-order valence-electron chi connectivity index (χ1n) is 11.7. The SMILES string of the molecule is CC(C)N(CCNCCNCCN(C(C)C)C(C)C)CCN(C(C)C)C(C)C. The molecule has 0 aliphatic rings. The van der Waals surface area contributed by atoms with Crippen LogP contribution in [0.1, 0.15) is 69.2 Å². The fourth-order valence-corrected chi connectivity index (χ4v) is 3.96. The Morgan fingerprint density at radius 1 is 0.429 bits per heavy atom. The van der Waals surface area contributed by atoms with Crippen LogP contribution in [0.2, 0.25) is 0 Å². The largest absolute Gasteiger partial charge is 0.314 e. The van der Waals surface area contributed by atoms with E-state index in [4.69, 9.17) is 0 Å². The molecule has 0 heterocycles. The normalized spacial score (nSPS) is 13.1. The molecule has 0 fully saturated rings. The first-order chi connectivity index (χ1) is 13.1. The van der Waals surface area contributed by atoms with Crippen molar-refractivity contribution in [2.45, 2.75) is 99.4 Å². The maximum Gasteiger partial charge on any atom is 0.0115 e. The third-order valence-electron chi connectivity index (χ3n) is 5.63. The smallest absolute Gasteiger partial charge is 0.0115 e. The zero-order valence-corrected chi connectivity index (χ0v) is 20.9. The molecular weight excluding hydrogens is 346 g/mol. The molecule has 0 aromatic heterocycles. The maximum absolute atomic E-state index is 3.61. The lowest BCUT2D eigenvalue weighted by Crippen LogP contribution is -2.46. The molecule has 0 aliphatic carbocycles. The molecule has 0 saturated heterocycles. The lowest BCUT2D eigenvalue weighted by molar-refractivity contribution is 0.130. The fourth-order valence-electron chi connectivity index (χ4n) is 3.96. The first-order valence-corrected chi connectivity index (χ1v) is 11.7. The molecule has 28 heavy (non-hydrogen) atoms. The molecule has 0 unspecified atom stereocenters. The van der Waals surface area contributed by atoms with E-state index in [0.29, 0.717) is 30.2 Å². The molecule has 170 valence electrons. The minimum absolute atomic E-state index is 0.596. The Morgan fingerprint density at radius 2 is 0.821 bits per heavy atom. The molecule has 0 amide bonds. The lowest BCUT2D eigenvalue weighted by Gasteiger charge is -2.34. The number of rotatable bonds is 17. The summed E-state index contributed by atoms with van der Waals surface area (Å²) in [5.41, 5.74) is 0. The van der Waals surface area contributed by atoms with Gasteiger partial charge in [-0.15, -0.1) is 0 Å². The molecule has 0 radical (unpaired) electrons. The van der Waals surface area contributed by atoms with Crippen molar-refractivity contribution in [2.24, 2.45) is 0 Å². The van der Waals surface area contributed by atoms with E-state index in [-0.39, 0.29) is 0 Å². The standard InChI is InChI=1S/C23H53N5/c1-19(2)26(17-18-28(22(7)8)23(9)10)15-13-24-11-12-25-14-16-27(20(3)4)21(5)6/h19-25H,11-18H2,1-10H3. The molecule has 0 saturated carbocycles. The van der Waals surface area contributed by atoms with Gasteiger partial charge in [0.15, 0.2) is 0 Å². The van der Waals surface area contributed by atoms with Crippen LogP contribution in [0, 0.1) is 0 Å². The van der Waals surface area contributed by atoms with Gasteiger partial charge in [0.05, 0.1) is 0 Å². The Bertz CT molecular complexity index is 339. The van der Waals surface area contributed by atoms with Gasteiger partial charge in [0.1, 0.15) is 0 Å². The van der Waals surface area contributed by atoms with E-state index in [1.54, 1.807) is 0 Å². The van der Waals surface area contributed by atoms with Gasteiger partial charge in [-0.2, -0.15) is 0 Å². The fraction of sp³-hybridized carbons (Fsp3) is 1.00. The summed E-state index contributed by atoms with van der Waals surface area (Å²) in [5, 5.41) is 7.18. The van der Waals surface area contributed by atoms with E-state index in [2.05, 4.69) is 94.6 Å².